The number of ether oxygens (including phenoxy) is 1. The number of thiocarbonyl (C=S) groups is 1. The number of piperidine rings is 1. The van der Waals surface area contributed by atoms with Crippen LogP contribution in [0.5, 0.6) is 6.01 Å². The summed E-state index contributed by atoms with van der Waals surface area (Å²) >= 11 is 4.85. The normalized spacial score (nSPS) is 20.4. The number of isothiocyanates is 1. The van der Waals surface area contributed by atoms with E-state index in [-0.39, 0.29) is 6.04 Å². The Hall–Kier alpha value is -3.06. The number of hydrogen-bond acceptors (Lipinski definition) is 8. The Balaban J connectivity index is 1.32. The molecule has 2 saturated heterocycles. The molecule has 0 bridgehead atoms. The molecule has 4 heterocycles. The van der Waals surface area contributed by atoms with E-state index in [0.717, 1.165) is 69.9 Å². The van der Waals surface area contributed by atoms with Gasteiger partial charge in [-0.15, -0.1) is 0 Å². The fourth-order valence-corrected chi connectivity index (χ4v) is 6.48. The predicted molar refractivity (Wildman–Crippen MR) is 157 cm³/mol. The van der Waals surface area contributed by atoms with E-state index in [9.17, 15) is 0 Å². The van der Waals surface area contributed by atoms with E-state index in [2.05, 4.69) is 75.2 Å². The first-order valence-corrected chi connectivity index (χ1v) is 14.3. The lowest BCUT2D eigenvalue weighted by molar-refractivity contribution is 0.187. The highest BCUT2D eigenvalue weighted by Crippen LogP contribution is 2.36. The van der Waals surface area contributed by atoms with E-state index in [1.807, 2.05) is 0 Å². The van der Waals surface area contributed by atoms with Crippen molar-refractivity contribution in [1.29, 1.82) is 0 Å². The predicted octanol–water partition coefficient (Wildman–Crippen LogP) is 5.05. The largest absolute Gasteiger partial charge is 0.462 e. The van der Waals surface area contributed by atoms with E-state index in [1.165, 1.54) is 34.0 Å². The fourth-order valence-electron chi connectivity index (χ4n) is 6.33. The van der Waals surface area contributed by atoms with E-state index < -0.39 is 0 Å². The summed E-state index contributed by atoms with van der Waals surface area (Å²) in [5.41, 5.74) is 4.93. The van der Waals surface area contributed by atoms with Gasteiger partial charge in [-0.3, -0.25) is 0 Å². The highest BCUT2D eigenvalue weighted by Gasteiger charge is 2.29. The SMILES string of the molecule is Cc1cccc2cccc(N3CCc4c(nc(OC[C@@H]5CCCN5C)nc4N4CCC(N=C=S)CC4)C3)c12. The van der Waals surface area contributed by atoms with Crippen LogP contribution in [0.2, 0.25) is 0 Å². The minimum Gasteiger partial charge on any atom is -0.462 e. The number of anilines is 2. The molecule has 1 aromatic heterocycles. The third-order valence-corrected chi connectivity index (χ3v) is 8.64. The number of nitrogens with zero attached hydrogens (tertiary/aromatic N) is 6. The number of hydrogen-bond donors (Lipinski definition) is 0. The molecule has 2 fully saturated rings. The lowest BCUT2D eigenvalue weighted by atomic mass is 9.99. The molecule has 3 aromatic rings. The quantitative estimate of drug-likeness (QED) is 0.328. The Morgan fingerprint density at radius 3 is 2.61 bits per heavy atom. The van der Waals surface area contributed by atoms with Gasteiger partial charge in [-0.1, -0.05) is 30.3 Å². The molecule has 0 aliphatic carbocycles. The molecular weight excluding hydrogens is 492 g/mol. The van der Waals surface area contributed by atoms with Crippen LogP contribution >= 0.6 is 12.2 Å². The topological polar surface area (TPSA) is 57.1 Å². The fraction of sp³-hybridized carbons (Fsp3) is 0.500. The number of benzene rings is 2. The molecule has 0 spiro atoms. The average Bonchev–Trinajstić information content (AvgIpc) is 3.36. The van der Waals surface area contributed by atoms with Gasteiger partial charge in [0.25, 0.3) is 0 Å². The molecule has 1 atom stereocenters. The second kappa shape index (κ2) is 11.0. The Kier molecular flexibility index (Phi) is 7.28. The number of likely N-dealkylation sites (N-methyl/N-ethyl adjacent to an activating group) is 1. The number of rotatable bonds is 6. The maximum absolute atomic E-state index is 6.30. The maximum Gasteiger partial charge on any atom is 0.318 e. The molecule has 8 heteroatoms. The standard InChI is InChI=1S/C30H36N6OS/c1-21-6-3-7-22-8-4-10-27(28(21)22)36-17-13-25-26(18-36)32-30(37-19-24-9-5-14-34(24)2)33-29(25)35-15-11-23(12-16-35)31-20-38/h3-4,6-8,10,23-24H,5,9,11-19H2,1-2H3/t24-/m0/s1. The van der Waals surface area contributed by atoms with Crippen LogP contribution in [0, 0.1) is 6.92 Å². The number of aromatic nitrogens is 2. The van der Waals surface area contributed by atoms with E-state index in [1.54, 1.807) is 0 Å². The molecule has 2 aromatic carbocycles. The zero-order valence-corrected chi connectivity index (χ0v) is 23.2. The summed E-state index contributed by atoms with van der Waals surface area (Å²) in [5, 5.41) is 5.18. The van der Waals surface area contributed by atoms with Crippen LogP contribution in [0.1, 0.15) is 42.5 Å². The van der Waals surface area contributed by atoms with Crippen molar-refractivity contribution in [3.05, 3.63) is 53.2 Å². The summed E-state index contributed by atoms with van der Waals surface area (Å²) in [6.45, 7) is 7.47. The van der Waals surface area contributed by atoms with Gasteiger partial charge in [-0.2, -0.15) is 9.97 Å². The highest BCUT2D eigenvalue weighted by atomic mass is 32.1. The minimum absolute atomic E-state index is 0.264. The minimum atomic E-state index is 0.264. The average molecular weight is 529 g/mol. The van der Waals surface area contributed by atoms with Gasteiger partial charge in [-0.05, 0) is 81.9 Å². The van der Waals surface area contributed by atoms with Crippen molar-refractivity contribution in [2.45, 2.75) is 57.7 Å². The second-order valence-corrected chi connectivity index (χ2v) is 11.1. The first-order chi connectivity index (χ1) is 18.6. The number of aliphatic imine (C=N–C) groups is 1. The van der Waals surface area contributed by atoms with Gasteiger partial charge in [0.15, 0.2) is 0 Å². The van der Waals surface area contributed by atoms with Gasteiger partial charge >= 0.3 is 6.01 Å². The molecule has 7 nitrogen and oxygen atoms in total. The lowest BCUT2D eigenvalue weighted by Gasteiger charge is -2.36. The van der Waals surface area contributed by atoms with Gasteiger partial charge < -0.3 is 19.4 Å². The van der Waals surface area contributed by atoms with Crippen LogP contribution < -0.4 is 14.5 Å². The van der Waals surface area contributed by atoms with Gasteiger partial charge in [0.2, 0.25) is 0 Å². The maximum atomic E-state index is 6.30. The molecule has 0 radical (unpaired) electrons. The van der Waals surface area contributed by atoms with Crippen LogP contribution in [0.4, 0.5) is 11.5 Å². The Bertz CT molecular complexity index is 1360. The van der Waals surface area contributed by atoms with Gasteiger partial charge in [-0.25, -0.2) is 4.99 Å². The van der Waals surface area contributed by atoms with Crippen LogP contribution in [0.3, 0.4) is 0 Å². The molecule has 0 saturated carbocycles. The van der Waals surface area contributed by atoms with E-state index in [0.29, 0.717) is 18.7 Å². The van der Waals surface area contributed by atoms with Crippen LogP contribution in [0.15, 0.2) is 41.4 Å². The number of fused-ring (bicyclic) bond motifs is 2. The monoisotopic (exact) mass is 528 g/mol. The Morgan fingerprint density at radius 2 is 1.84 bits per heavy atom. The van der Waals surface area contributed by atoms with Crippen LogP contribution in [0.25, 0.3) is 10.8 Å². The third kappa shape index (κ3) is 5.00. The molecule has 198 valence electrons. The van der Waals surface area contributed by atoms with Gasteiger partial charge in [0, 0.05) is 42.3 Å². The summed E-state index contributed by atoms with van der Waals surface area (Å²) in [5.74, 6) is 1.04. The van der Waals surface area contributed by atoms with E-state index in [4.69, 9.17) is 26.9 Å². The zero-order valence-electron chi connectivity index (χ0n) is 22.4. The summed E-state index contributed by atoms with van der Waals surface area (Å²) in [6, 6.07) is 14.4. The Morgan fingerprint density at radius 1 is 1.03 bits per heavy atom. The van der Waals surface area contributed by atoms with Gasteiger partial charge in [0.05, 0.1) is 23.4 Å². The zero-order chi connectivity index (χ0) is 26.1. The smallest absolute Gasteiger partial charge is 0.318 e. The molecule has 3 aliphatic heterocycles. The summed E-state index contributed by atoms with van der Waals surface area (Å²) < 4.78 is 6.30. The van der Waals surface area contributed by atoms with Crippen molar-refractivity contribution in [3.63, 3.8) is 0 Å². The first-order valence-electron chi connectivity index (χ1n) is 13.9. The summed E-state index contributed by atoms with van der Waals surface area (Å²) in [4.78, 5) is 21.6. The molecule has 6 rings (SSSR count). The molecular formula is C30H36N6OS. The molecule has 0 N–H and O–H groups in total. The van der Waals surface area contributed by atoms with Crippen LogP contribution in [-0.2, 0) is 13.0 Å². The molecule has 38 heavy (non-hydrogen) atoms. The Labute approximate surface area is 230 Å². The summed E-state index contributed by atoms with van der Waals surface area (Å²) in [7, 11) is 2.18. The van der Waals surface area contributed by atoms with Crippen molar-refractivity contribution in [1.82, 2.24) is 14.9 Å². The second-order valence-electron chi connectivity index (χ2n) is 10.9. The lowest BCUT2D eigenvalue weighted by Crippen LogP contribution is -2.39. The van der Waals surface area contributed by atoms with Gasteiger partial charge in [0.1, 0.15) is 12.4 Å². The number of aryl methyl sites for hydroxylation is 1. The van der Waals surface area contributed by atoms with Crippen molar-refractivity contribution < 1.29 is 4.74 Å². The van der Waals surface area contributed by atoms with Crippen molar-refractivity contribution in [3.8, 4) is 6.01 Å². The molecule has 0 amide bonds. The third-order valence-electron chi connectivity index (χ3n) is 8.53. The molecule has 3 aliphatic rings. The highest BCUT2D eigenvalue weighted by molar-refractivity contribution is 7.78. The first kappa shape index (κ1) is 25.2. The molecule has 0 unspecified atom stereocenters. The van der Waals surface area contributed by atoms with Crippen LogP contribution in [-0.4, -0.2) is 71.9 Å². The van der Waals surface area contributed by atoms with Crippen molar-refractivity contribution >= 4 is 39.7 Å². The van der Waals surface area contributed by atoms with Crippen molar-refractivity contribution in [2.75, 3.05) is 49.6 Å². The van der Waals surface area contributed by atoms with Crippen molar-refractivity contribution in [2.24, 2.45) is 4.99 Å². The number of likely N-dealkylation sites (tertiary alicyclic amines) is 1. The van der Waals surface area contributed by atoms with E-state index >= 15 is 0 Å². The summed E-state index contributed by atoms with van der Waals surface area (Å²) in [6.07, 6.45) is 5.23.